The van der Waals surface area contributed by atoms with Gasteiger partial charge in [-0.2, -0.15) is 0 Å². The van der Waals surface area contributed by atoms with Crippen molar-refractivity contribution in [2.45, 2.75) is 38.6 Å². The molecule has 0 fully saturated rings. The van der Waals surface area contributed by atoms with E-state index in [4.69, 9.17) is 23.2 Å². The van der Waals surface area contributed by atoms with Gasteiger partial charge in [0.2, 0.25) is 5.91 Å². The monoisotopic (exact) mass is 468 g/mol. The van der Waals surface area contributed by atoms with Crippen LogP contribution in [0.25, 0.3) is 0 Å². The van der Waals surface area contributed by atoms with Crippen molar-refractivity contribution in [3.63, 3.8) is 0 Å². The summed E-state index contributed by atoms with van der Waals surface area (Å²) < 4.78 is 0. The minimum Gasteiger partial charge on any atom is -0.340 e. The lowest BCUT2D eigenvalue weighted by molar-refractivity contribution is -0.118. The Bertz CT molecular complexity index is 1050. The van der Waals surface area contributed by atoms with Gasteiger partial charge in [0.15, 0.2) is 0 Å². The molecule has 0 saturated heterocycles. The molecule has 0 aliphatic carbocycles. The van der Waals surface area contributed by atoms with Gasteiger partial charge in [-0.1, -0.05) is 79.0 Å². The lowest BCUT2D eigenvalue weighted by Crippen LogP contribution is -2.45. The fourth-order valence-electron chi connectivity index (χ4n) is 3.32. The fourth-order valence-corrected chi connectivity index (χ4v) is 3.77. The smallest absolute Gasteiger partial charge is 0.251 e. The molecule has 0 radical (unpaired) electrons. The maximum absolute atomic E-state index is 13.1. The highest BCUT2D eigenvalue weighted by molar-refractivity contribution is 6.36. The Morgan fingerprint density at radius 2 is 1.62 bits per heavy atom. The van der Waals surface area contributed by atoms with Crippen LogP contribution in [-0.4, -0.2) is 17.9 Å². The van der Waals surface area contributed by atoms with E-state index in [-0.39, 0.29) is 11.8 Å². The average molecular weight is 469 g/mol. The third-order valence-corrected chi connectivity index (χ3v) is 5.68. The Labute approximate surface area is 198 Å². The second kappa shape index (κ2) is 11.7. The number of anilines is 1. The van der Waals surface area contributed by atoms with Crippen LogP contribution in [0.4, 0.5) is 5.69 Å². The number of benzene rings is 3. The van der Waals surface area contributed by atoms with E-state index in [1.807, 2.05) is 42.5 Å². The summed E-state index contributed by atoms with van der Waals surface area (Å²) in [5.41, 5.74) is 3.08. The maximum Gasteiger partial charge on any atom is 0.251 e. The Morgan fingerprint density at radius 1 is 0.906 bits per heavy atom. The Balaban J connectivity index is 1.76. The summed E-state index contributed by atoms with van der Waals surface area (Å²) in [5, 5.41) is 6.49. The number of nitrogens with one attached hydrogen (secondary N) is 2. The van der Waals surface area contributed by atoms with Crippen molar-refractivity contribution in [1.82, 2.24) is 5.32 Å². The molecule has 1 atom stereocenters. The van der Waals surface area contributed by atoms with Crippen molar-refractivity contribution in [2.24, 2.45) is 0 Å². The molecule has 3 aromatic carbocycles. The van der Waals surface area contributed by atoms with Gasteiger partial charge in [-0.05, 0) is 54.3 Å². The molecule has 3 rings (SSSR count). The predicted molar refractivity (Wildman–Crippen MR) is 132 cm³/mol. The van der Waals surface area contributed by atoms with E-state index < -0.39 is 6.04 Å². The van der Waals surface area contributed by atoms with Crippen LogP contribution >= 0.6 is 23.2 Å². The highest BCUT2D eigenvalue weighted by Crippen LogP contribution is 2.25. The largest absolute Gasteiger partial charge is 0.340 e. The third kappa shape index (κ3) is 6.84. The maximum atomic E-state index is 13.1. The molecule has 0 saturated carbocycles. The van der Waals surface area contributed by atoms with Gasteiger partial charge < -0.3 is 10.6 Å². The SMILES string of the molecule is CCCCc1ccc(C(=O)NC(Cc2ccccc2)C(=O)Nc2ccc(Cl)cc2Cl)cc1. The lowest BCUT2D eigenvalue weighted by Gasteiger charge is -2.19. The first-order valence-corrected chi connectivity index (χ1v) is 11.4. The Kier molecular flexibility index (Phi) is 8.72. The molecule has 32 heavy (non-hydrogen) atoms. The van der Waals surface area contributed by atoms with Crippen LogP contribution in [0, 0.1) is 0 Å². The standard InChI is InChI=1S/C26H26Cl2N2O2/c1-2-3-7-18-10-12-20(13-11-18)25(31)30-24(16-19-8-5-4-6-9-19)26(32)29-23-15-14-21(27)17-22(23)28/h4-6,8-15,17,24H,2-3,7,16H2,1H3,(H,29,32)(H,30,31). The summed E-state index contributed by atoms with van der Waals surface area (Å²) in [6.07, 6.45) is 3.56. The molecule has 3 aromatic rings. The number of hydrogen-bond donors (Lipinski definition) is 2. The van der Waals surface area contributed by atoms with Crippen molar-refractivity contribution < 1.29 is 9.59 Å². The van der Waals surface area contributed by atoms with Gasteiger partial charge in [0.05, 0.1) is 10.7 Å². The molecule has 0 aromatic heterocycles. The number of hydrogen-bond acceptors (Lipinski definition) is 2. The van der Waals surface area contributed by atoms with Crippen molar-refractivity contribution in [3.05, 3.63) is 99.5 Å². The van der Waals surface area contributed by atoms with Gasteiger partial charge in [0.1, 0.15) is 6.04 Å². The van der Waals surface area contributed by atoms with E-state index in [0.717, 1.165) is 24.8 Å². The van der Waals surface area contributed by atoms with Gasteiger partial charge in [0.25, 0.3) is 5.91 Å². The van der Waals surface area contributed by atoms with Gasteiger partial charge in [0, 0.05) is 17.0 Å². The number of carbonyl (C=O) groups excluding carboxylic acids is 2. The van der Waals surface area contributed by atoms with Crippen LogP contribution in [0.1, 0.15) is 41.3 Å². The number of rotatable bonds is 9. The molecule has 4 nitrogen and oxygen atoms in total. The molecule has 2 amide bonds. The van der Waals surface area contributed by atoms with E-state index in [2.05, 4.69) is 17.6 Å². The van der Waals surface area contributed by atoms with Crippen LogP contribution in [-0.2, 0) is 17.6 Å². The van der Waals surface area contributed by atoms with Crippen molar-refractivity contribution in [3.8, 4) is 0 Å². The van der Waals surface area contributed by atoms with Crippen molar-refractivity contribution in [2.75, 3.05) is 5.32 Å². The number of unbranched alkanes of at least 4 members (excludes halogenated alkanes) is 1. The van der Waals surface area contributed by atoms with Crippen LogP contribution in [0.5, 0.6) is 0 Å². The van der Waals surface area contributed by atoms with E-state index in [1.54, 1.807) is 30.3 Å². The molecule has 1 unspecified atom stereocenters. The summed E-state index contributed by atoms with van der Waals surface area (Å²) in [6.45, 7) is 2.15. The number of amides is 2. The molecular weight excluding hydrogens is 443 g/mol. The average Bonchev–Trinajstić information content (AvgIpc) is 2.80. The molecule has 0 heterocycles. The second-order valence-corrected chi connectivity index (χ2v) is 8.47. The highest BCUT2D eigenvalue weighted by Gasteiger charge is 2.23. The Morgan fingerprint density at radius 3 is 2.28 bits per heavy atom. The first-order chi connectivity index (χ1) is 15.5. The zero-order valence-corrected chi connectivity index (χ0v) is 19.4. The van der Waals surface area contributed by atoms with E-state index in [1.165, 1.54) is 5.56 Å². The number of halogens is 2. The molecule has 6 heteroatoms. The van der Waals surface area contributed by atoms with Gasteiger partial charge in [-0.15, -0.1) is 0 Å². The summed E-state index contributed by atoms with van der Waals surface area (Å²) in [6, 6.07) is 21.1. The quantitative estimate of drug-likeness (QED) is 0.386. The molecule has 0 aliphatic rings. The summed E-state index contributed by atoms with van der Waals surface area (Å²) in [7, 11) is 0. The molecular formula is C26H26Cl2N2O2. The number of aryl methyl sites for hydroxylation is 1. The molecule has 166 valence electrons. The zero-order valence-electron chi connectivity index (χ0n) is 17.9. The molecule has 0 spiro atoms. The van der Waals surface area contributed by atoms with Crippen LogP contribution < -0.4 is 10.6 Å². The van der Waals surface area contributed by atoms with Crippen molar-refractivity contribution in [1.29, 1.82) is 0 Å². The van der Waals surface area contributed by atoms with Crippen molar-refractivity contribution >= 4 is 40.7 Å². The molecule has 2 N–H and O–H groups in total. The second-order valence-electron chi connectivity index (χ2n) is 7.63. The normalized spacial score (nSPS) is 11.6. The Hall–Kier alpha value is -2.82. The van der Waals surface area contributed by atoms with Gasteiger partial charge in [-0.25, -0.2) is 0 Å². The summed E-state index contributed by atoms with van der Waals surface area (Å²) in [5.74, 6) is -0.656. The lowest BCUT2D eigenvalue weighted by atomic mass is 10.0. The topological polar surface area (TPSA) is 58.2 Å². The summed E-state index contributed by atoms with van der Waals surface area (Å²) >= 11 is 12.1. The fraction of sp³-hybridized carbons (Fsp3) is 0.231. The molecule has 0 bridgehead atoms. The van der Waals surface area contributed by atoms with E-state index in [9.17, 15) is 9.59 Å². The minimum atomic E-state index is -0.781. The highest BCUT2D eigenvalue weighted by atomic mass is 35.5. The first-order valence-electron chi connectivity index (χ1n) is 10.7. The predicted octanol–water partition coefficient (Wildman–Crippen LogP) is 6.32. The van der Waals surface area contributed by atoms with Crippen LogP contribution in [0.15, 0.2) is 72.8 Å². The van der Waals surface area contributed by atoms with Crippen LogP contribution in [0.2, 0.25) is 10.0 Å². The number of carbonyl (C=O) groups is 2. The first kappa shape index (κ1) is 23.8. The van der Waals surface area contributed by atoms with Gasteiger partial charge in [-0.3, -0.25) is 9.59 Å². The van der Waals surface area contributed by atoms with E-state index >= 15 is 0 Å². The minimum absolute atomic E-state index is 0.301. The third-order valence-electron chi connectivity index (χ3n) is 5.13. The van der Waals surface area contributed by atoms with E-state index in [0.29, 0.717) is 27.7 Å². The molecule has 0 aliphatic heterocycles. The van der Waals surface area contributed by atoms with Crippen LogP contribution in [0.3, 0.4) is 0 Å². The summed E-state index contributed by atoms with van der Waals surface area (Å²) in [4.78, 5) is 26.0. The van der Waals surface area contributed by atoms with Gasteiger partial charge >= 0.3 is 0 Å². The zero-order chi connectivity index (χ0) is 22.9.